The van der Waals surface area contributed by atoms with Gasteiger partial charge in [-0.05, 0) is 12.3 Å². The second-order valence-electron chi connectivity index (χ2n) is 4.49. The zero-order valence-electron chi connectivity index (χ0n) is 11.2. The minimum atomic E-state index is -0.498. The number of esters is 2. The third-order valence-corrected chi connectivity index (χ3v) is 3.09. The lowest BCUT2D eigenvalue weighted by Crippen LogP contribution is -2.37. The van der Waals surface area contributed by atoms with Crippen LogP contribution in [0.3, 0.4) is 0 Å². The number of allylic oxidation sites excluding steroid dienone is 2. The Balaban J connectivity index is 2.78. The zero-order chi connectivity index (χ0) is 14.3. The second-order valence-corrected chi connectivity index (χ2v) is 4.49. The number of ether oxygens (including phenoxy) is 2. The Morgan fingerprint density at radius 2 is 1.79 bits per heavy atom. The molecule has 19 heavy (non-hydrogen) atoms. The molecule has 0 spiro atoms. The molecule has 3 atom stereocenters. The van der Waals surface area contributed by atoms with E-state index in [2.05, 4.69) is 13.2 Å². The summed E-state index contributed by atoms with van der Waals surface area (Å²) in [6.07, 6.45) is 7.34. The van der Waals surface area contributed by atoms with Crippen molar-refractivity contribution in [3.63, 3.8) is 0 Å². The molecule has 1 rings (SSSR count). The van der Waals surface area contributed by atoms with E-state index in [0.717, 1.165) is 0 Å². The van der Waals surface area contributed by atoms with Gasteiger partial charge in [-0.2, -0.15) is 0 Å². The lowest BCUT2D eigenvalue weighted by atomic mass is 9.76. The van der Waals surface area contributed by atoms with Crippen LogP contribution in [0.15, 0.2) is 37.5 Å². The van der Waals surface area contributed by atoms with Crippen LogP contribution in [0, 0.1) is 17.8 Å². The van der Waals surface area contributed by atoms with Crippen molar-refractivity contribution in [2.75, 3.05) is 13.2 Å². The quantitative estimate of drug-likeness (QED) is 0.545. The van der Waals surface area contributed by atoms with Crippen LogP contribution in [-0.2, 0) is 19.1 Å². The first-order chi connectivity index (χ1) is 9.11. The van der Waals surface area contributed by atoms with Crippen LogP contribution in [0.25, 0.3) is 0 Å². The van der Waals surface area contributed by atoms with Gasteiger partial charge in [0.15, 0.2) is 0 Å². The Labute approximate surface area is 113 Å². The summed E-state index contributed by atoms with van der Waals surface area (Å²) in [5, 5.41) is 0. The molecule has 0 aromatic heterocycles. The Hall–Kier alpha value is -1.84. The molecular formula is C15H20O4. The fourth-order valence-corrected chi connectivity index (χ4v) is 2.18. The van der Waals surface area contributed by atoms with Crippen LogP contribution < -0.4 is 0 Å². The largest absolute Gasteiger partial charge is 0.461 e. The first-order valence-electron chi connectivity index (χ1n) is 6.33. The second kappa shape index (κ2) is 7.56. The van der Waals surface area contributed by atoms with Gasteiger partial charge in [0.1, 0.15) is 13.2 Å². The van der Waals surface area contributed by atoms with E-state index >= 15 is 0 Å². The maximum Gasteiger partial charge on any atom is 0.310 e. The summed E-state index contributed by atoms with van der Waals surface area (Å²) in [5.74, 6) is -1.79. The number of carbonyl (C=O) groups excluding carboxylic acids is 2. The molecule has 3 unspecified atom stereocenters. The van der Waals surface area contributed by atoms with Crippen molar-refractivity contribution in [2.45, 2.75) is 13.3 Å². The van der Waals surface area contributed by atoms with Crippen molar-refractivity contribution in [3.8, 4) is 0 Å². The minimum absolute atomic E-state index is 0.0488. The normalized spacial score (nSPS) is 25.4. The Morgan fingerprint density at radius 1 is 1.21 bits per heavy atom. The van der Waals surface area contributed by atoms with Crippen LogP contribution >= 0.6 is 0 Å². The van der Waals surface area contributed by atoms with Crippen molar-refractivity contribution in [1.29, 1.82) is 0 Å². The molecule has 0 bridgehead atoms. The highest BCUT2D eigenvalue weighted by atomic mass is 16.5. The summed E-state index contributed by atoms with van der Waals surface area (Å²) in [4.78, 5) is 24.0. The van der Waals surface area contributed by atoms with Crippen molar-refractivity contribution >= 4 is 11.9 Å². The van der Waals surface area contributed by atoms with E-state index in [0.29, 0.717) is 6.42 Å². The molecule has 1 aliphatic carbocycles. The summed E-state index contributed by atoms with van der Waals surface area (Å²) >= 11 is 0. The highest BCUT2D eigenvalue weighted by Gasteiger charge is 2.40. The van der Waals surface area contributed by atoms with Gasteiger partial charge in [-0.3, -0.25) is 9.59 Å². The third kappa shape index (κ3) is 4.09. The van der Waals surface area contributed by atoms with Gasteiger partial charge in [-0.25, -0.2) is 0 Å². The van der Waals surface area contributed by atoms with Crippen molar-refractivity contribution in [3.05, 3.63) is 37.5 Å². The maximum atomic E-state index is 12.0. The number of hydrogen-bond donors (Lipinski definition) is 0. The topological polar surface area (TPSA) is 52.6 Å². The molecule has 0 saturated heterocycles. The van der Waals surface area contributed by atoms with Crippen molar-refractivity contribution < 1.29 is 19.1 Å². The van der Waals surface area contributed by atoms with E-state index in [9.17, 15) is 9.59 Å². The summed E-state index contributed by atoms with van der Waals surface area (Å²) < 4.78 is 10.1. The first-order valence-corrected chi connectivity index (χ1v) is 6.33. The van der Waals surface area contributed by atoms with Gasteiger partial charge in [0, 0.05) is 0 Å². The summed E-state index contributed by atoms with van der Waals surface area (Å²) in [6, 6.07) is 0. The van der Waals surface area contributed by atoms with Crippen LogP contribution in [0.4, 0.5) is 0 Å². The van der Waals surface area contributed by atoms with Crippen LogP contribution in [0.1, 0.15) is 13.3 Å². The van der Waals surface area contributed by atoms with Gasteiger partial charge in [0.25, 0.3) is 0 Å². The molecule has 0 aromatic rings. The van der Waals surface area contributed by atoms with E-state index in [-0.39, 0.29) is 31.1 Å². The lowest BCUT2D eigenvalue weighted by Gasteiger charge is -2.29. The van der Waals surface area contributed by atoms with E-state index in [1.165, 1.54) is 12.2 Å². The molecular weight excluding hydrogens is 244 g/mol. The first kappa shape index (κ1) is 15.2. The lowest BCUT2D eigenvalue weighted by molar-refractivity contribution is -0.161. The van der Waals surface area contributed by atoms with Gasteiger partial charge in [-0.1, -0.05) is 44.4 Å². The standard InChI is InChI=1S/C15H20O4/c1-4-9-18-14(16)12-8-6-7-11(3)13(12)15(17)19-10-5-2/h4-7,11-13H,1-2,8-10H2,3H3. The molecule has 0 heterocycles. The smallest absolute Gasteiger partial charge is 0.310 e. The van der Waals surface area contributed by atoms with E-state index in [4.69, 9.17) is 9.47 Å². The molecule has 0 saturated carbocycles. The molecule has 104 valence electrons. The molecule has 4 nitrogen and oxygen atoms in total. The average Bonchev–Trinajstić information content (AvgIpc) is 2.41. The Morgan fingerprint density at radius 3 is 2.37 bits per heavy atom. The van der Waals surface area contributed by atoms with Gasteiger partial charge in [0.05, 0.1) is 11.8 Å². The molecule has 0 radical (unpaired) electrons. The van der Waals surface area contributed by atoms with E-state index in [1.807, 2.05) is 19.1 Å². The maximum absolute atomic E-state index is 12.0. The average molecular weight is 264 g/mol. The number of rotatable bonds is 6. The van der Waals surface area contributed by atoms with Crippen LogP contribution in [0.5, 0.6) is 0 Å². The minimum Gasteiger partial charge on any atom is -0.461 e. The molecule has 0 fully saturated rings. The highest BCUT2D eigenvalue weighted by molar-refractivity contribution is 5.83. The number of hydrogen-bond acceptors (Lipinski definition) is 4. The van der Waals surface area contributed by atoms with Gasteiger partial charge in [0.2, 0.25) is 0 Å². The third-order valence-electron chi connectivity index (χ3n) is 3.09. The SMILES string of the molecule is C=CCOC(=O)C1CC=CC(C)C1C(=O)OCC=C. The van der Waals surface area contributed by atoms with Crippen LogP contribution in [0.2, 0.25) is 0 Å². The number of carbonyl (C=O) groups is 2. The van der Waals surface area contributed by atoms with E-state index in [1.54, 1.807) is 0 Å². The van der Waals surface area contributed by atoms with Crippen molar-refractivity contribution in [1.82, 2.24) is 0 Å². The predicted molar refractivity (Wildman–Crippen MR) is 72.2 cm³/mol. The van der Waals surface area contributed by atoms with E-state index < -0.39 is 11.8 Å². The zero-order valence-corrected chi connectivity index (χ0v) is 11.2. The fraction of sp³-hybridized carbons (Fsp3) is 0.467. The summed E-state index contributed by atoms with van der Waals surface area (Å²) in [5.41, 5.74) is 0. The predicted octanol–water partition coefficient (Wildman–Crippen LogP) is 2.27. The highest BCUT2D eigenvalue weighted by Crippen LogP contribution is 2.32. The van der Waals surface area contributed by atoms with Crippen molar-refractivity contribution in [2.24, 2.45) is 17.8 Å². The van der Waals surface area contributed by atoms with Gasteiger partial charge < -0.3 is 9.47 Å². The summed E-state index contributed by atoms with van der Waals surface area (Å²) in [7, 11) is 0. The monoisotopic (exact) mass is 264 g/mol. The molecule has 1 aliphatic rings. The van der Waals surface area contributed by atoms with Gasteiger partial charge >= 0.3 is 11.9 Å². The molecule has 4 heteroatoms. The molecule has 0 aliphatic heterocycles. The fourth-order valence-electron chi connectivity index (χ4n) is 2.18. The Bertz CT molecular complexity index is 384. The summed E-state index contributed by atoms with van der Waals surface area (Å²) in [6.45, 7) is 9.19. The van der Waals surface area contributed by atoms with Crippen LogP contribution in [-0.4, -0.2) is 25.2 Å². The molecule has 0 aromatic carbocycles. The molecule has 0 amide bonds. The Kier molecular flexibility index (Phi) is 6.06. The van der Waals surface area contributed by atoms with Gasteiger partial charge in [-0.15, -0.1) is 0 Å². The molecule has 0 N–H and O–H groups in total.